The second-order valence-corrected chi connectivity index (χ2v) is 10.3. The minimum atomic E-state index is -3.92. The second kappa shape index (κ2) is 9.50. The molecule has 9 heteroatoms. The Kier molecular flexibility index (Phi) is 6.74. The molecule has 0 radical (unpaired) electrons. The fourth-order valence-electron chi connectivity index (χ4n) is 3.90. The van der Waals surface area contributed by atoms with Crippen molar-refractivity contribution < 1.29 is 22.7 Å². The molecule has 0 aromatic heterocycles. The maximum Gasteiger partial charge on any atom is 0.241 e. The molecular weight excluding hydrogens is 436 g/mol. The molecule has 1 heterocycles. The zero-order valence-electron chi connectivity index (χ0n) is 17.3. The Morgan fingerprint density at radius 2 is 1.94 bits per heavy atom. The molecule has 2 aromatic carbocycles. The Labute approximate surface area is 186 Å². The van der Waals surface area contributed by atoms with E-state index in [9.17, 15) is 13.2 Å². The van der Waals surface area contributed by atoms with Crippen LogP contribution in [0.1, 0.15) is 30.0 Å². The highest BCUT2D eigenvalue weighted by molar-refractivity contribution is 7.98. The first-order chi connectivity index (χ1) is 15.0. The van der Waals surface area contributed by atoms with E-state index in [0.29, 0.717) is 36.9 Å². The molecular formula is C22H26N2O5S2. The second-order valence-electron chi connectivity index (χ2n) is 7.56. The third-order valence-electron chi connectivity index (χ3n) is 5.50. The molecule has 1 aliphatic heterocycles. The Balaban J connectivity index is 1.50. The van der Waals surface area contributed by atoms with Gasteiger partial charge in [0.1, 0.15) is 19.3 Å². The molecule has 2 N–H and O–H groups in total. The maximum absolute atomic E-state index is 13.1. The molecule has 0 spiro atoms. The molecule has 2 aliphatic rings. The first-order valence-electron chi connectivity index (χ1n) is 10.3. The Morgan fingerprint density at radius 3 is 2.74 bits per heavy atom. The molecule has 0 bridgehead atoms. The van der Waals surface area contributed by atoms with Crippen molar-refractivity contribution in [3.05, 3.63) is 53.6 Å². The molecule has 1 amide bonds. The number of aryl methyl sites for hydroxylation is 1. The predicted octanol–water partition coefficient (Wildman–Crippen LogP) is 2.66. The summed E-state index contributed by atoms with van der Waals surface area (Å²) in [6.07, 6.45) is 4.04. The van der Waals surface area contributed by atoms with Gasteiger partial charge in [-0.1, -0.05) is 24.3 Å². The van der Waals surface area contributed by atoms with E-state index in [2.05, 4.69) is 16.1 Å². The number of benzene rings is 2. The highest BCUT2D eigenvalue weighted by atomic mass is 32.2. The van der Waals surface area contributed by atoms with Gasteiger partial charge < -0.3 is 14.8 Å². The quantitative estimate of drug-likeness (QED) is 0.627. The number of hydrogen-bond donors (Lipinski definition) is 2. The number of rotatable bonds is 8. The van der Waals surface area contributed by atoms with Crippen LogP contribution in [0.2, 0.25) is 0 Å². The van der Waals surface area contributed by atoms with Gasteiger partial charge in [0.15, 0.2) is 11.5 Å². The first kappa shape index (κ1) is 22.0. The fraction of sp³-hybridized carbons (Fsp3) is 0.409. The SMILES string of the molecule is CSCCC(NS(=O)(=O)c1ccc2c(c1)OCCO2)C(=O)NC1CCc2ccccc21. The van der Waals surface area contributed by atoms with E-state index in [1.807, 2.05) is 24.5 Å². The molecule has 2 atom stereocenters. The number of fused-ring (bicyclic) bond motifs is 2. The van der Waals surface area contributed by atoms with E-state index < -0.39 is 16.1 Å². The van der Waals surface area contributed by atoms with E-state index in [1.165, 1.54) is 17.7 Å². The van der Waals surface area contributed by atoms with Crippen molar-refractivity contribution >= 4 is 27.7 Å². The minimum Gasteiger partial charge on any atom is -0.486 e. The number of amides is 1. The van der Waals surface area contributed by atoms with Gasteiger partial charge in [-0.2, -0.15) is 16.5 Å². The molecule has 31 heavy (non-hydrogen) atoms. The van der Waals surface area contributed by atoms with Crippen LogP contribution < -0.4 is 19.5 Å². The van der Waals surface area contributed by atoms with Crippen molar-refractivity contribution in [3.8, 4) is 11.5 Å². The van der Waals surface area contributed by atoms with E-state index in [4.69, 9.17) is 9.47 Å². The van der Waals surface area contributed by atoms with Gasteiger partial charge in [0.05, 0.1) is 10.9 Å². The molecule has 2 unspecified atom stereocenters. The summed E-state index contributed by atoms with van der Waals surface area (Å²) in [4.78, 5) is 13.1. The van der Waals surface area contributed by atoms with Gasteiger partial charge in [-0.05, 0) is 54.5 Å². The van der Waals surface area contributed by atoms with E-state index >= 15 is 0 Å². The summed E-state index contributed by atoms with van der Waals surface area (Å²) in [6, 6.07) is 11.6. The highest BCUT2D eigenvalue weighted by Crippen LogP contribution is 2.33. The van der Waals surface area contributed by atoms with Crippen LogP contribution in [0.15, 0.2) is 47.4 Å². The van der Waals surface area contributed by atoms with E-state index in [1.54, 1.807) is 17.8 Å². The average molecular weight is 463 g/mol. The Morgan fingerprint density at radius 1 is 1.16 bits per heavy atom. The molecule has 166 valence electrons. The highest BCUT2D eigenvalue weighted by Gasteiger charge is 2.30. The van der Waals surface area contributed by atoms with Crippen LogP contribution in [0.5, 0.6) is 11.5 Å². The van der Waals surface area contributed by atoms with Gasteiger partial charge in [0, 0.05) is 6.07 Å². The smallest absolute Gasteiger partial charge is 0.241 e. The van der Waals surface area contributed by atoms with E-state index in [0.717, 1.165) is 18.4 Å². The molecule has 0 saturated heterocycles. The summed E-state index contributed by atoms with van der Waals surface area (Å²) in [6.45, 7) is 0.796. The number of nitrogens with one attached hydrogen (secondary N) is 2. The fourth-order valence-corrected chi connectivity index (χ4v) is 5.62. The van der Waals surface area contributed by atoms with Gasteiger partial charge in [-0.25, -0.2) is 8.42 Å². The molecule has 1 aliphatic carbocycles. The monoisotopic (exact) mass is 462 g/mol. The Bertz CT molecular complexity index is 1060. The summed E-state index contributed by atoms with van der Waals surface area (Å²) in [7, 11) is -3.92. The van der Waals surface area contributed by atoms with Crippen molar-refractivity contribution in [2.24, 2.45) is 0 Å². The predicted molar refractivity (Wildman–Crippen MR) is 120 cm³/mol. The molecule has 0 saturated carbocycles. The molecule has 4 rings (SSSR count). The van der Waals surface area contributed by atoms with Crippen LogP contribution in [-0.4, -0.2) is 45.6 Å². The lowest BCUT2D eigenvalue weighted by Crippen LogP contribution is -2.47. The maximum atomic E-state index is 13.1. The largest absolute Gasteiger partial charge is 0.486 e. The van der Waals surface area contributed by atoms with Crippen LogP contribution in [0.25, 0.3) is 0 Å². The number of carbonyl (C=O) groups excluding carboxylic acids is 1. The third-order valence-corrected chi connectivity index (χ3v) is 7.61. The molecule has 7 nitrogen and oxygen atoms in total. The average Bonchev–Trinajstić information content (AvgIpc) is 3.19. The topological polar surface area (TPSA) is 93.7 Å². The number of carbonyl (C=O) groups is 1. The molecule has 0 fully saturated rings. The van der Waals surface area contributed by atoms with Crippen LogP contribution in [0.4, 0.5) is 0 Å². The first-order valence-corrected chi connectivity index (χ1v) is 13.1. The normalized spacial score (nSPS) is 18.3. The lowest BCUT2D eigenvalue weighted by Gasteiger charge is -2.22. The zero-order chi connectivity index (χ0) is 21.8. The third kappa shape index (κ3) is 4.99. The van der Waals surface area contributed by atoms with Gasteiger partial charge in [-0.3, -0.25) is 4.79 Å². The van der Waals surface area contributed by atoms with Gasteiger partial charge >= 0.3 is 0 Å². The number of hydrogen-bond acceptors (Lipinski definition) is 6. The van der Waals surface area contributed by atoms with Crippen molar-refractivity contribution in [1.29, 1.82) is 0 Å². The van der Waals surface area contributed by atoms with Gasteiger partial charge in [0.25, 0.3) is 0 Å². The Hall–Kier alpha value is -2.23. The van der Waals surface area contributed by atoms with Gasteiger partial charge in [-0.15, -0.1) is 0 Å². The van der Waals surface area contributed by atoms with Crippen LogP contribution >= 0.6 is 11.8 Å². The van der Waals surface area contributed by atoms with Gasteiger partial charge in [0.2, 0.25) is 15.9 Å². The summed E-state index contributed by atoms with van der Waals surface area (Å²) >= 11 is 1.57. The van der Waals surface area contributed by atoms with Crippen molar-refractivity contribution in [1.82, 2.24) is 10.0 Å². The lowest BCUT2D eigenvalue weighted by atomic mass is 10.1. The standard InChI is InChI=1S/C22H26N2O5S2/c1-30-13-10-19(22(25)23-18-8-6-15-4-2-3-5-17(15)18)24-31(26,27)16-7-9-20-21(14-16)29-12-11-28-20/h2-5,7,9,14,18-19,24H,6,8,10-13H2,1H3,(H,23,25). The van der Waals surface area contributed by atoms with Crippen molar-refractivity contribution in [2.75, 3.05) is 25.2 Å². The minimum absolute atomic E-state index is 0.0462. The van der Waals surface area contributed by atoms with Crippen LogP contribution in [0.3, 0.4) is 0 Å². The number of thioether (sulfide) groups is 1. The number of sulfonamides is 1. The summed E-state index contributed by atoms with van der Waals surface area (Å²) in [5.41, 5.74) is 2.33. The van der Waals surface area contributed by atoms with Crippen LogP contribution in [0, 0.1) is 0 Å². The lowest BCUT2D eigenvalue weighted by molar-refractivity contribution is -0.123. The van der Waals surface area contributed by atoms with Crippen molar-refractivity contribution in [3.63, 3.8) is 0 Å². The summed E-state index contributed by atoms with van der Waals surface area (Å²) in [5, 5.41) is 3.05. The molecule has 2 aromatic rings. The van der Waals surface area contributed by atoms with Crippen molar-refractivity contribution in [2.45, 2.75) is 36.2 Å². The summed E-state index contributed by atoms with van der Waals surface area (Å²) in [5.74, 6) is 1.25. The van der Waals surface area contributed by atoms with E-state index in [-0.39, 0.29) is 16.8 Å². The zero-order valence-corrected chi connectivity index (χ0v) is 18.9. The number of ether oxygens (including phenoxy) is 2. The summed E-state index contributed by atoms with van der Waals surface area (Å²) < 4.78 is 39.6. The van der Waals surface area contributed by atoms with Crippen LogP contribution in [-0.2, 0) is 21.2 Å².